The average Bonchev–Trinajstić information content (AvgIpc) is 3.16. The van der Waals surface area contributed by atoms with E-state index in [0.717, 1.165) is 5.69 Å². The molecule has 8 nitrogen and oxygen atoms in total. The number of nitrogens with one attached hydrogen (secondary N) is 1. The summed E-state index contributed by atoms with van der Waals surface area (Å²) < 4.78 is 49.5. The highest BCUT2D eigenvalue weighted by atomic mass is 32.1. The number of nitrogens with zero attached hydrogens (tertiary/aromatic N) is 4. The average molecular weight is 472 g/mol. The fraction of sp³-hybridized carbons (Fsp3) is 0.600. The second-order valence-electron chi connectivity index (χ2n) is 8.06. The minimum absolute atomic E-state index is 0.0968. The SMILES string of the molecule is COC(=O)N1CC(Oc2cc(NC3CCC(C(F)(F)F)CC3)nc(-c3nc(C)cs3)n2)C1. The van der Waals surface area contributed by atoms with Gasteiger partial charge in [-0.2, -0.15) is 18.2 Å². The van der Waals surface area contributed by atoms with Gasteiger partial charge in [0, 0.05) is 23.2 Å². The number of anilines is 1. The van der Waals surface area contributed by atoms with Gasteiger partial charge in [0.05, 0.1) is 26.1 Å². The third-order valence-electron chi connectivity index (χ3n) is 5.62. The minimum Gasteiger partial charge on any atom is -0.470 e. The zero-order valence-corrected chi connectivity index (χ0v) is 18.5. The minimum atomic E-state index is -4.14. The molecule has 0 bridgehead atoms. The first kappa shape index (κ1) is 22.6. The Morgan fingerprint density at radius 3 is 2.50 bits per heavy atom. The first-order valence-electron chi connectivity index (χ1n) is 10.4. The van der Waals surface area contributed by atoms with Crippen LogP contribution < -0.4 is 10.1 Å². The van der Waals surface area contributed by atoms with Crippen molar-refractivity contribution in [3.8, 4) is 16.7 Å². The number of hydrogen-bond acceptors (Lipinski definition) is 8. The first-order chi connectivity index (χ1) is 15.2. The van der Waals surface area contributed by atoms with E-state index in [4.69, 9.17) is 4.74 Å². The van der Waals surface area contributed by atoms with Crippen molar-refractivity contribution in [2.75, 3.05) is 25.5 Å². The molecule has 1 saturated carbocycles. The van der Waals surface area contributed by atoms with E-state index in [1.165, 1.54) is 23.3 Å². The number of methoxy groups -OCH3 is 1. The van der Waals surface area contributed by atoms with Gasteiger partial charge < -0.3 is 19.7 Å². The Hall–Kier alpha value is -2.63. The Bertz CT molecular complexity index is 956. The molecule has 3 heterocycles. The number of aromatic nitrogens is 3. The molecule has 1 aliphatic carbocycles. The Labute approximate surface area is 187 Å². The zero-order valence-electron chi connectivity index (χ0n) is 17.7. The van der Waals surface area contributed by atoms with Crippen LogP contribution in [0.4, 0.5) is 23.8 Å². The van der Waals surface area contributed by atoms with Gasteiger partial charge in [0.2, 0.25) is 5.88 Å². The molecule has 1 N–H and O–H groups in total. The van der Waals surface area contributed by atoms with Crippen molar-refractivity contribution in [1.82, 2.24) is 19.9 Å². The normalized spacial score (nSPS) is 21.7. The van der Waals surface area contributed by atoms with Gasteiger partial charge in [-0.1, -0.05) is 0 Å². The van der Waals surface area contributed by atoms with Crippen molar-refractivity contribution >= 4 is 23.2 Å². The summed E-state index contributed by atoms with van der Waals surface area (Å²) in [5, 5.41) is 5.76. The summed E-state index contributed by atoms with van der Waals surface area (Å²) in [5.41, 5.74) is 0.840. The molecule has 4 rings (SSSR count). The highest BCUT2D eigenvalue weighted by Gasteiger charge is 2.41. The molecule has 0 unspecified atom stereocenters. The van der Waals surface area contributed by atoms with Crippen molar-refractivity contribution in [3.05, 3.63) is 17.1 Å². The van der Waals surface area contributed by atoms with Crippen molar-refractivity contribution in [2.45, 2.75) is 50.9 Å². The van der Waals surface area contributed by atoms with Crippen LogP contribution >= 0.6 is 11.3 Å². The van der Waals surface area contributed by atoms with E-state index in [-0.39, 0.29) is 25.0 Å². The van der Waals surface area contributed by atoms with Crippen LogP contribution in [0.2, 0.25) is 0 Å². The summed E-state index contributed by atoms with van der Waals surface area (Å²) in [7, 11) is 1.32. The van der Waals surface area contributed by atoms with E-state index in [1.807, 2.05) is 12.3 Å². The lowest BCUT2D eigenvalue weighted by Crippen LogP contribution is -2.56. The van der Waals surface area contributed by atoms with Gasteiger partial charge in [-0.25, -0.2) is 14.8 Å². The Morgan fingerprint density at radius 2 is 1.91 bits per heavy atom. The summed E-state index contributed by atoms with van der Waals surface area (Å²) in [6.07, 6.45) is -3.77. The third kappa shape index (κ3) is 5.22. The highest BCUT2D eigenvalue weighted by molar-refractivity contribution is 7.13. The van der Waals surface area contributed by atoms with Crippen LogP contribution in [0.3, 0.4) is 0 Å². The lowest BCUT2D eigenvalue weighted by Gasteiger charge is -2.37. The number of carbonyl (C=O) groups is 1. The quantitative estimate of drug-likeness (QED) is 0.697. The van der Waals surface area contributed by atoms with E-state index in [2.05, 4.69) is 25.0 Å². The molecule has 0 atom stereocenters. The van der Waals surface area contributed by atoms with Crippen LogP contribution in [0, 0.1) is 12.8 Å². The third-order valence-corrected chi connectivity index (χ3v) is 6.58. The van der Waals surface area contributed by atoms with Crippen LogP contribution in [-0.4, -0.2) is 64.5 Å². The second-order valence-corrected chi connectivity index (χ2v) is 8.92. The number of rotatable bonds is 5. The molecule has 2 aromatic heterocycles. The number of likely N-dealkylation sites (tertiary alicyclic amines) is 1. The Balaban J connectivity index is 1.47. The number of aryl methyl sites for hydroxylation is 1. The van der Waals surface area contributed by atoms with Gasteiger partial charge >= 0.3 is 12.3 Å². The maximum absolute atomic E-state index is 13.0. The van der Waals surface area contributed by atoms with E-state index in [1.54, 1.807) is 6.07 Å². The van der Waals surface area contributed by atoms with Crippen molar-refractivity contribution in [2.24, 2.45) is 5.92 Å². The van der Waals surface area contributed by atoms with Crippen LogP contribution in [0.1, 0.15) is 31.4 Å². The molecule has 32 heavy (non-hydrogen) atoms. The number of hydrogen-bond donors (Lipinski definition) is 1. The molecule has 0 radical (unpaired) electrons. The van der Waals surface area contributed by atoms with Crippen LogP contribution in [-0.2, 0) is 4.74 Å². The lowest BCUT2D eigenvalue weighted by molar-refractivity contribution is -0.182. The van der Waals surface area contributed by atoms with Crippen LogP contribution in [0.5, 0.6) is 5.88 Å². The van der Waals surface area contributed by atoms with Crippen LogP contribution in [0.25, 0.3) is 10.8 Å². The number of thiazole rings is 1. The van der Waals surface area contributed by atoms with Gasteiger partial charge in [-0.05, 0) is 32.6 Å². The first-order valence-corrected chi connectivity index (χ1v) is 11.2. The largest absolute Gasteiger partial charge is 0.470 e. The van der Waals surface area contributed by atoms with Crippen molar-refractivity contribution in [3.63, 3.8) is 0 Å². The van der Waals surface area contributed by atoms with Gasteiger partial charge in [0.1, 0.15) is 11.9 Å². The molecule has 1 aliphatic heterocycles. The van der Waals surface area contributed by atoms with Crippen molar-refractivity contribution in [1.29, 1.82) is 0 Å². The number of halogens is 3. The van der Waals surface area contributed by atoms with Gasteiger partial charge in [-0.3, -0.25) is 0 Å². The number of ether oxygens (including phenoxy) is 2. The zero-order chi connectivity index (χ0) is 22.9. The number of amides is 1. The van der Waals surface area contributed by atoms with E-state index < -0.39 is 18.2 Å². The Morgan fingerprint density at radius 1 is 1.19 bits per heavy atom. The van der Waals surface area contributed by atoms with Gasteiger partial charge in [0.25, 0.3) is 0 Å². The summed E-state index contributed by atoms with van der Waals surface area (Å²) in [4.78, 5) is 26.4. The molecule has 2 fully saturated rings. The molecule has 0 aromatic carbocycles. The standard InChI is InChI=1S/C20H24F3N5O3S/c1-11-10-32-18(24-11)17-26-15(25-13-5-3-12(4-6-13)20(21,22)23)7-16(27-17)31-14-8-28(9-14)19(29)30-2/h7,10,12-14H,3-6,8-9H2,1-2H3,(H,25,26,27). The molecular formula is C20H24F3N5O3S. The summed E-state index contributed by atoms with van der Waals surface area (Å²) in [5.74, 6) is -0.0485. The molecule has 2 aromatic rings. The van der Waals surface area contributed by atoms with Crippen molar-refractivity contribution < 1.29 is 27.4 Å². The fourth-order valence-electron chi connectivity index (χ4n) is 3.85. The molecular weight excluding hydrogens is 447 g/mol. The smallest absolute Gasteiger partial charge is 0.409 e. The topological polar surface area (TPSA) is 89.5 Å². The van der Waals surface area contributed by atoms with E-state index in [0.29, 0.717) is 48.5 Å². The fourth-order valence-corrected chi connectivity index (χ4v) is 4.58. The summed E-state index contributed by atoms with van der Waals surface area (Å²) in [6, 6.07) is 1.53. The molecule has 1 amide bonds. The van der Waals surface area contributed by atoms with E-state index in [9.17, 15) is 18.0 Å². The molecule has 12 heteroatoms. The highest BCUT2D eigenvalue weighted by Crippen LogP contribution is 2.38. The second kappa shape index (κ2) is 9.08. The maximum Gasteiger partial charge on any atom is 0.409 e. The lowest BCUT2D eigenvalue weighted by atomic mass is 9.85. The van der Waals surface area contributed by atoms with Gasteiger partial charge in [0.15, 0.2) is 10.8 Å². The number of alkyl halides is 3. The Kier molecular flexibility index (Phi) is 6.40. The maximum atomic E-state index is 13.0. The number of carbonyl (C=O) groups excluding carboxylic acids is 1. The molecule has 174 valence electrons. The molecule has 0 spiro atoms. The molecule has 2 aliphatic rings. The monoisotopic (exact) mass is 471 g/mol. The molecule has 1 saturated heterocycles. The van der Waals surface area contributed by atoms with Crippen LogP contribution in [0.15, 0.2) is 11.4 Å². The van der Waals surface area contributed by atoms with Gasteiger partial charge in [-0.15, -0.1) is 11.3 Å². The predicted molar refractivity (Wildman–Crippen MR) is 112 cm³/mol. The summed E-state index contributed by atoms with van der Waals surface area (Å²) in [6.45, 7) is 2.63. The van der Waals surface area contributed by atoms with E-state index >= 15 is 0 Å². The predicted octanol–water partition coefficient (Wildman–Crippen LogP) is 4.27. The summed E-state index contributed by atoms with van der Waals surface area (Å²) >= 11 is 1.40.